The number of hydrogen-bond donors (Lipinski definition) is 1. The van der Waals surface area contributed by atoms with Crippen molar-refractivity contribution < 1.29 is 9.90 Å². The van der Waals surface area contributed by atoms with Crippen LogP contribution < -0.4 is 0 Å². The van der Waals surface area contributed by atoms with Crippen molar-refractivity contribution in [2.75, 3.05) is 7.05 Å². The Morgan fingerprint density at radius 2 is 1.90 bits per heavy atom. The van der Waals surface area contributed by atoms with Crippen LogP contribution in [0.3, 0.4) is 0 Å². The molecule has 21 heavy (non-hydrogen) atoms. The van der Waals surface area contributed by atoms with Crippen LogP contribution in [0.1, 0.15) is 31.2 Å². The second-order valence-corrected chi connectivity index (χ2v) is 6.15. The predicted octanol–water partition coefficient (Wildman–Crippen LogP) is 3.77. The SMILES string of the molecule is CN(C(=O)/C=C/c1c(Cl)cccc1Cl)C1CCCCC1O. The standard InChI is InChI=1S/C16H19Cl2NO2/c1-19(14-7-2-3-8-15(14)20)16(21)10-9-11-12(17)5-4-6-13(11)18/h4-6,9-10,14-15,20H,2-3,7-8H2,1H3/b10-9+. The third-order valence-corrected chi connectivity index (χ3v) is 4.59. The Bertz CT molecular complexity index is 525. The van der Waals surface area contributed by atoms with Crippen LogP contribution in [0.5, 0.6) is 0 Å². The molecule has 0 heterocycles. The Balaban J connectivity index is 2.08. The van der Waals surface area contributed by atoms with Gasteiger partial charge in [-0.15, -0.1) is 0 Å². The molecule has 1 aliphatic rings. The minimum absolute atomic E-state index is 0.113. The highest BCUT2D eigenvalue weighted by Crippen LogP contribution is 2.26. The highest BCUT2D eigenvalue weighted by Gasteiger charge is 2.28. The molecule has 0 radical (unpaired) electrons. The quantitative estimate of drug-likeness (QED) is 0.858. The number of benzene rings is 1. The van der Waals surface area contributed by atoms with Crippen molar-refractivity contribution in [1.82, 2.24) is 4.90 Å². The summed E-state index contributed by atoms with van der Waals surface area (Å²) in [5, 5.41) is 11.0. The molecule has 0 aromatic heterocycles. The molecule has 0 aliphatic heterocycles. The first kappa shape index (κ1) is 16.3. The summed E-state index contributed by atoms with van der Waals surface area (Å²) in [5.74, 6) is -0.156. The monoisotopic (exact) mass is 327 g/mol. The van der Waals surface area contributed by atoms with Gasteiger partial charge in [-0.2, -0.15) is 0 Å². The van der Waals surface area contributed by atoms with Crippen LogP contribution in [0, 0.1) is 0 Å². The van der Waals surface area contributed by atoms with Crippen molar-refractivity contribution in [3.05, 3.63) is 39.9 Å². The van der Waals surface area contributed by atoms with E-state index < -0.39 is 6.10 Å². The van der Waals surface area contributed by atoms with Crippen LogP contribution in [0.25, 0.3) is 6.08 Å². The van der Waals surface area contributed by atoms with E-state index in [9.17, 15) is 9.90 Å². The zero-order valence-electron chi connectivity index (χ0n) is 11.9. The van der Waals surface area contributed by atoms with Gasteiger partial charge in [0.15, 0.2) is 0 Å². The Labute approximate surface area is 135 Å². The Kier molecular flexibility index (Phi) is 5.68. The fraction of sp³-hybridized carbons (Fsp3) is 0.438. The molecule has 1 amide bonds. The predicted molar refractivity (Wildman–Crippen MR) is 86.5 cm³/mol. The fourth-order valence-corrected chi connectivity index (χ4v) is 3.17. The lowest BCUT2D eigenvalue weighted by Crippen LogP contribution is -2.45. The molecule has 1 saturated carbocycles. The molecule has 0 spiro atoms. The molecule has 2 unspecified atom stereocenters. The second-order valence-electron chi connectivity index (χ2n) is 5.34. The highest BCUT2D eigenvalue weighted by atomic mass is 35.5. The molecule has 5 heteroatoms. The fourth-order valence-electron chi connectivity index (χ4n) is 2.65. The van der Waals surface area contributed by atoms with E-state index in [0.29, 0.717) is 15.6 Å². The summed E-state index contributed by atoms with van der Waals surface area (Å²) < 4.78 is 0. The zero-order valence-corrected chi connectivity index (χ0v) is 13.4. The number of hydrogen-bond acceptors (Lipinski definition) is 2. The van der Waals surface area contributed by atoms with Gasteiger partial charge in [0.1, 0.15) is 0 Å². The van der Waals surface area contributed by atoms with Crippen LogP contribution in [-0.4, -0.2) is 35.1 Å². The van der Waals surface area contributed by atoms with Gasteiger partial charge >= 0.3 is 0 Å². The van der Waals surface area contributed by atoms with Gasteiger partial charge in [0.25, 0.3) is 0 Å². The maximum absolute atomic E-state index is 12.2. The molecule has 0 bridgehead atoms. The molecule has 1 N–H and O–H groups in total. The number of nitrogens with zero attached hydrogens (tertiary/aromatic N) is 1. The van der Waals surface area contributed by atoms with Crippen molar-refractivity contribution >= 4 is 35.2 Å². The van der Waals surface area contributed by atoms with Crippen LogP contribution in [0.2, 0.25) is 10.0 Å². The smallest absolute Gasteiger partial charge is 0.246 e. The minimum Gasteiger partial charge on any atom is -0.391 e. The number of halogens is 2. The van der Waals surface area contributed by atoms with Gasteiger partial charge in [0, 0.05) is 28.7 Å². The molecule has 1 aromatic carbocycles. The van der Waals surface area contributed by atoms with Crippen molar-refractivity contribution in [1.29, 1.82) is 0 Å². The molecule has 1 aromatic rings. The van der Waals surface area contributed by atoms with E-state index >= 15 is 0 Å². The molecule has 2 atom stereocenters. The first-order chi connectivity index (χ1) is 10.0. The van der Waals surface area contributed by atoms with Gasteiger partial charge in [-0.1, -0.05) is 42.1 Å². The van der Waals surface area contributed by atoms with E-state index in [1.165, 1.54) is 6.08 Å². The summed E-state index contributed by atoms with van der Waals surface area (Å²) in [5.41, 5.74) is 0.631. The van der Waals surface area contributed by atoms with Crippen LogP contribution in [0.4, 0.5) is 0 Å². The van der Waals surface area contributed by atoms with E-state index in [1.54, 1.807) is 36.2 Å². The summed E-state index contributed by atoms with van der Waals surface area (Å²) in [7, 11) is 1.72. The molecular formula is C16H19Cl2NO2. The summed E-state index contributed by atoms with van der Waals surface area (Å²) in [6.07, 6.45) is 6.29. The van der Waals surface area contributed by atoms with Gasteiger partial charge in [0.05, 0.1) is 12.1 Å². The lowest BCUT2D eigenvalue weighted by Gasteiger charge is -2.34. The first-order valence-corrected chi connectivity index (χ1v) is 7.83. The number of aliphatic hydroxyl groups is 1. The maximum atomic E-state index is 12.2. The third kappa shape index (κ3) is 4.00. The van der Waals surface area contributed by atoms with Crippen molar-refractivity contribution in [2.45, 2.75) is 37.8 Å². The highest BCUT2D eigenvalue weighted by molar-refractivity contribution is 6.37. The first-order valence-electron chi connectivity index (χ1n) is 7.07. The summed E-state index contributed by atoms with van der Waals surface area (Å²) in [6, 6.07) is 5.10. The van der Waals surface area contributed by atoms with E-state index in [-0.39, 0.29) is 11.9 Å². The normalized spacial score (nSPS) is 22.5. The van der Waals surface area contributed by atoms with Crippen molar-refractivity contribution in [2.24, 2.45) is 0 Å². The number of amides is 1. The average Bonchev–Trinajstić information content (AvgIpc) is 2.46. The van der Waals surface area contributed by atoms with Gasteiger partial charge in [-0.3, -0.25) is 4.79 Å². The summed E-state index contributed by atoms with van der Waals surface area (Å²) >= 11 is 12.1. The average molecular weight is 328 g/mol. The Morgan fingerprint density at radius 3 is 2.52 bits per heavy atom. The van der Waals surface area contributed by atoms with Crippen LogP contribution in [0.15, 0.2) is 24.3 Å². The molecule has 114 valence electrons. The number of carbonyl (C=O) groups is 1. The zero-order chi connectivity index (χ0) is 15.4. The van der Waals surface area contributed by atoms with Gasteiger partial charge in [0.2, 0.25) is 5.91 Å². The molecule has 0 saturated heterocycles. The van der Waals surface area contributed by atoms with E-state index in [4.69, 9.17) is 23.2 Å². The lowest BCUT2D eigenvalue weighted by atomic mass is 9.91. The van der Waals surface area contributed by atoms with Crippen LogP contribution in [-0.2, 0) is 4.79 Å². The van der Waals surface area contributed by atoms with Gasteiger partial charge in [-0.25, -0.2) is 0 Å². The topological polar surface area (TPSA) is 40.5 Å². The Morgan fingerprint density at radius 1 is 1.29 bits per heavy atom. The number of aliphatic hydroxyl groups excluding tert-OH is 1. The number of likely N-dealkylation sites (N-methyl/N-ethyl adjacent to an activating group) is 1. The molecule has 2 rings (SSSR count). The van der Waals surface area contributed by atoms with Crippen molar-refractivity contribution in [3.63, 3.8) is 0 Å². The lowest BCUT2D eigenvalue weighted by molar-refractivity contribution is -0.130. The van der Waals surface area contributed by atoms with E-state index in [1.807, 2.05) is 0 Å². The molecule has 1 fully saturated rings. The van der Waals surface area contributed by atoms with E-state index in [2.05, 4.69) is 0 Å². The second kappa shape index (κ2) is 7.30. The Hall–Kier alpha value is -1.03. The molecule has 1 aliphatic carbocycles. The summed E-state index contributed by atoms with van der Waals surface area (Å²) in [6.45, 7) is 0. The molecular weight excluding hydrogens is 309 g/mol. The van der Waals surface area contributed by atoms with Gasteiger partial charge < -0.3 is 10.0 Å². The third-order valence-electron chi connectivity index (χ3n) is 3.93. The largest absolute Gasteiger partial charge is 0.391 e. The van der Waals surface area contributed by atoms with E-state index in [0.717, 1.165) is 25.7 Å². The minimum atomic E-state index is -0.440. The maximum Gasteiger partial charge on any atom is 0.246 e. The van der Waals surface area contributed by atoms with Crippen molar-refractivity contribution in [3.8, 4) is 0 Å². The molecule has 3 nitrogen and oxygen atoms in total. The van der Waals surface area contributed by atoms with Crippen LogP contribution >= 0.6 is 23.2 Å². The number of rotatable bonds is 3. The number of carbonyl (C=O) groups excluding carboxylic acids is 1. The van der Waals surface area contributed by atoms with Gasteiger partial charge in [-0.05, 0) is 31.1 Å². The summed E-state index contributed by atoms with van der Waals surface area (Å²) in [4.78, 5) is 13.8.